The van der Waals surface area contributed by atoms with Crippen LogP contribution in [0.15, 0.2) is 60.0 Å². The molecule has 1 N–H and O–H groups in total. The van der Waals surface area contributed by atoms with Crippen molar-refractivity contribution >= 4 is 34.8 Å². The Balaban J connectivity index is 1.53. The molecule has 0 spiro atoms. The Bertz CT molecular complexity index is 785. The van der Waals surface area contributed by atoms with Gasteiger partial charge in [0.15, 0.2) is 5.16 Å². The van der Waals surface area contributed by atoms with E-state index < -0.39 is 0 Å². The molecule has 0 aliphatic rings. The first-order valence-electron chi connectivity index (χ1n) is 6.78. The van der Waals surface area contributed by atoms with E-state index in [1.165, 1.54) is 11.8 Å². The molecule has 112 valence electrons. The van der Waals surface area contributed by atoms with Gasteiger partial charge in [-0.15, -0.1) is 0 Å². The fourth-order valence-corrected chi connectivity index (χ4v) is 2.93. The highest BCUT2D eigenvalue weighted by atomic mass is 35.5. The van der Waals surface area contributed by atoms with Crippen LogP contribution >= 0.6 is 23.4 Å². The lowest BCUT2D eigenvalue weighted by Gasteiger charge is -2.05. The third-order valence-corrected chi connectivity index (χ3v) is 4.36. The molecule has 0 bridgehead atoms. The van der Waals surface area contributed by atoms with Gasteiger partial charge >= 0.3 is 0 Å². The van der Waals surface area contributed by atoms with Gasteiger partial charge in [0, 0.05) is 17.8 Å². The van der Waals surface area contributed by atoms with Gasteiger partial charge in [0.1, 0.15) is 0 Å². The predicted octanol–water partition coefficient (Wildman–Crippen LogP) is 3.40. The van der Waals surface area contributed by atoms with E-state index in [1.54, 1.807) is 6.20 Å². The molecule has 2 aromatic heterocycles. The number of rotatable bonds is 5. The molecule has 0 radical (unpaired) electrons. The fraction of sp³-hybridized carbons (Fsp3) is 0.125. The Morgan fingerprint density at radius 2 is 2.05 bits per heavy atom. The van der Waals surface area contributed by atoms with Gasteiger partial charge in [-0.2, -0.15) is 0 Å². The molecule has 0 atom stereocenters. The van der Waals surface area contributed by atoms with Gasteiger partial charge in [-0.25, -0.2) is 4.98 Å². The first-order chi connectivity index (χ1) is 10.7. The zero-order valence-corrected chi connectivity index (χ0v) is 13.3. The first kappa shape index (κ1) is 14.9. The number of carbonyl (C=O) groups excluding carboxylic acids is 1. The zero-order valence-electron chi connectivity index (χ0n) is 11.7. The van der Waals surface area contributed by atoms with Crippen molar-refractivity contribution in [2.24, 2.45) is 0 Å². The average molecular weight is 332 g/mol. The number of nitrogens with one attached hydrogen (secondary N) is 1. The molecule has 0 fully saturated rings. The molecular formula is C16H14ClN3OS. The van der Waals surface area contributed by atoms with Crippen LogP contribution in [0, 0.1) is 0 Å². The lowest BCUT2D eigenvalue weighted by atomic mass is 10.2. The second kappa shape index (κ2) is 6.85. The third-order valence-electron chi connectivity index (χ3n) is 3.14. The number of fused-ring (bicyclic) bond motifs is 1. The number of hydrogen-bond acceptors (Lipinski definition) is 3. The molecular weight excluding hydrogens is 318 g/mol. The average Bonchev–Trinajstić information content (AvgIpc) is 2.96. The SMILES string of the molecule is O=C(CSc1ncc2ccccn12)NCc1ccc(Cl)cc1. The van der Waals surface area contributed by atoms with Crippen LogP contribution < -0.4 is 5.32 Å². The van der Waals surface area contributed by atoms with Crippen molar-refractivity contribution in [2.75, 3.05) is 5.75 Å². The number of imidazole rings is 1. The Kier molecular flexibility index (Phi) is 4.65. The van der Waals surface area contributed by atoms with E-state index in [2.05, 4.69) is 10.3 Å². The standard InChI is InChI=1S/C16H14ClN3OS/c17-13-6-4-12(5-7-13)9-18-15(21)11-22-16-19-10-14-3-1-2-8-20(14)16/h1-8,10H,9,11H2,(H,18,21). The normalized spacial score (nSPS) is 10.8. The monoisotopic (exact) mass is 331 g/mol. The summed E-state index contributed by atoms with van der Waals surface area (Å²) in [5.41, 5.74) is 2.04. The summed E-state index contributed by atoms with van der Waals surface area (Å²) >= 11 is 7.25. The first-order valence-corrected chi connectivity index (χ1v) is 8.15. The van der Waals surface area contributed by atoms with E-state index >= 15 is 0 Å². The molecule has 1 aromatic carbocycles. The van der Waals surface area contributed by atoms with Crippen LogP contribution in [-0.4, -0.2) is 21.0 Å². The Hall–Kier alpha value is -1.98. The summed E-state index contributed by atoms with van der Waals surface area (Å²) in [6, 6.07) is 13.3. The maximum Gasteiger partial charge on any atom is 0.230 e. The highest BCUT2D eigenvalue weighted by Gasteiger charge is 2.07. The zero-order chi connectivity index (χ0) is 15.4. The fourth-order valence-electron chi connectivity index (χ4n) is 2.01. The van der Waals surface area contributed by atoms with Crippen molar-refractivity contribution in [3.8, 4) is 0 Å². The number of aromatic nitrogens is 2. The Morgan fingerprint density at radius 1 is 1.23 bits per heavy atom. The Morgan fingerprint density at radius 3 is 2.86 bits per heavy atom. The number of hydrogen-bond donors (Lipinski definition) is 1. The smallest absolute Gasteiger partial charge is 0.230 e. The highest BCUT2D eigenvalue weighted by Crippen LogP contribution is 2.18. The molecule has 2 heterocycles. The van der Waals surface area contributed by atoms with Crippen molar-refractivity contribution < 1.29 is 4.79 Å². The lowest BCUT2D eigenvalue weighted by molar-refractivity contribution is -0.118. The van der Waals surface area contributed by atoms with Crippen molar-refractivity contribution in [3.05, 3.63) is 65.4 Å². The molecule has 6 heteroatoms. The van der Waals surface area contributed by atoms with Crippen LogP contribution in [0.3, 0.4) is 0 Å². The minimum Gasteiger partial charge on any atom is -0.351 e. The van der Waals surface area contributed by atoms with Crippen LogP contribution in [0.2, 0.25) is 5.02 Å². The molecule has 0 unspecified atom stereocenters. The van der Waals surface area contributed by atoms with E-state index in [4.69, 9.17) is 11.6 Å². The molecule has 22 heavy (non-hydrogen) atoms. The molecule has 3 aromatic rings. The van der Waals surface area contributed by atoms with Crippen molar-refractivity contribution in [3.63, 3.8) is 0 Å². The van der Waals surface area contributed by atoms with Crippen LogP contribution in [-0.2, 0) is 11.3 Å². The number of nitrogens with zero attached hydrogens (tertiary/aromatic N) is 2. The summed E-state index contributed by atoms with van der Waals surface area (Å²) in [5.74, 6) is 0.314. The number of carbonyl (C=O) groups is 1. The maximum absolute atomic E-state index is 11.9. The van der Waals surface area contributed by atoms with Crippen LogP contribution in [0.25, 0.3) is 5.52 Å². The van der Waals surface area contributed by atoms with Crippen molar-refractivity contribution in [2.45, 2.75) is 11.7 Å². The predicted molar refractivity (Wildman–Crippen MR) is 89.2 cm³/mol. The van der Waals surface area contributed by atoms with Crippen LogP contribution in [0.4, 0.5) is 0 Å². The number of pyridine rings is 1. The number of thioether (sulfide) groups is 1. The van der Waals surface area contributed by atoms with E-state index in [9.17, 15) is 4.79 Å². The van der Waals surface area contributed by atoms with Gasteiger partial charge in [-0.1, -0.05) is 41.6 Å². The molecule has 0 saturated heterocycles. The summed E-state index contributed by atoms with van der Waals surface area (Å²) in [6.07, 6.45) is 3.74. The van der Waals surface area contributed by atoms with Gasteiger partial charge in [-0.3, -0.25) is 9.20 Å². The second-order valence-electron chi connectivity index (χ2n) is 4.73. The largest absolute Gasteiger partial charge is 0.351 e. The number of halogens is 1. The van der Waals surface area contributed by atoms with E-state index in [-0.39, 0.29) is 5.91 Å². The van der Waals surface area contributed by atoms with Gasteiger partial charge in [0.25, 0.3) is 0 Å². The Labute approximate surface area is 137 Å². The summed E-state index contributed by atoms with van der Waals surface area (Å²) < 4.78 is 1.97. The van der Waals surface area contributed by atoms with Gasteiger partial charge < -0.3 is 5.32 Å². The summed E-state index contributed by atoms with van der Waals surface area (Å²) in [4.78, 5) is 16.2. The summed E-state index contributed by atoms with van der Waals surface area (Å²) in [5, 5.41) is 4.40. The minimum absolute atomic E-state index is 0.0207. The number of benzene rings is 1. The van der Waals surface area contributed by atoms with E-state index in [0.717, 1.165) is 16.2 Å². The number of amides is 1. The topological polar surface area (TPSA) is 46.4 Å². The van der Waals surface area contributed by atoms with Crippen LogP contribution in [0.1, 0.15) is 5.56 Å². The lowest BCUT2D eigenvalue weighted by Crippen LogP contribution is -2.24. The molecule has 0 aliphatic heterocycles. The van der Waals surface area contributed by atoms with Gasteiger partial charge in [0.2, 0.25) is 5.91 Å². The minimum atomic E-state index is -0.0207. The summed E-state index contributed by atoms with van der Waals surface area (Å²) in [7, 11) is 0. The van der Waals surface area contributed by atoms with E-state index in [1.807, 2.05) is 53.1 Å². The molecule has 3 rings (SSSR count). The van der Waals surface area contributed by atoms with Crippen LogP contribution in [0.5, 0.6) is 0 Å². The van der Waals surface area contributed by atoms with Gasteiger partial charge in [-0.05, 0) is 29.8 Å². The van der Waals surface area contributed by atoms with E-state index in [0.29, 0.717) is 17.3 Å². The molecule has 1 amide bonds. The van der Waals surface area contributed by atoms with Crippen molar-refractivity contribution in [1.29, 1.82) is 0 Å². The van der Waals surface area contributed by atoms with Crippen molar-refractivity contribution in [1.82, 2.24) is 14.7 Å². The third kappa shape index (κ3) is 3.61. The second-order valence-corrected chi connectivity index (χ2v) is 6.11. The molecule has 4 nitrogen and oxygen atoms in total. The highest BCUT2D eigenvalue weighted by molar-refractivity contribution is 7.99. The molecule has 0 aliphatic carbocycles. The summed E-state index contributed by atoms with van der Waals surface area (Å²) in [6.45, 7) is 0.499. The molecule has 0 saturated carbocycles. The van der Waals surface area contributed by atoms with Gasteiger partial charge in [0.05, 0.1) is 17.5 Å². The quantitative estimate of drug-likeness (QED) is 0.729. The maximum atomic E-state index is 11.9.